The van der Waals surface area contributed by atoms with Crippen LogP contribution < -0.4 is 15.4 Å². The number of amides is 2. The fraction of sp³-hybridized carbons (Fsp3) is 0.542. The van der Waals surface area contributed by atoms with Crippen LogP contribution in [0.4, 0.5) is 0 Å². The Morgan fingerprint density at radius 1 is 1.19 bits per heavy atom. The van der Waals surface area contributed by atoms with Crippen LogP contribution in [0.5, 0.6) is 5.75 Å². The van der Waals surface area contributed by atoms with E-state index < -0.39 is 0 Å². The van der Waals surface area contributed by atoms with E-state index in [0.29, 0.717) is 24.5 Å². The van der Waals surface area contributed by atoms with Crippen molar-refractivity contribution in [3.8, 4) is 5.75 Å². The number of fused-ring (bicyclic) bond motifs is 1. The number of para-hydroxylation sites is 1. The fourth-order valence-corrected chi connectivity index (χ4v) is 5.21. The van der Waals surface area contributed by atoms with Gasteiger partial charge >= 0.3 is 0 Å². The first-order valence-electron chi connectivity index (χ1n) is 11.5. The molecule has 0 radical (unpaired) electrons. The lowest BCUT2D eigenvalue weighted by Gasteiger charge is -2.41. The molecule has 172 valence electrons. The summed E-state index contributed by atoms with van der Waals surface area (Å²) in [7, 11) is 0. The minimum atomic E-state index is -0.357. The maximum Gasteiger partial charge on any atom is 0.255 e. The minimum Gasteiger partial charge on any atom is -0.491 e. The van der Waals surface area contributed by atoms with Crippen molar-refractivity contribution >= 4 is 23.2 Å². The Balaban J connectivity index is 1.43. The molecule has 3 heterocycles. The van der Waals surface area contributed by atoms with Crippen LogP contribution in [0.1, 0.15) is 54.3 Å². The molecule has 1 spiro atoms. The van der Waals surface area contributed by atoms with E-state index in [9.17, 15) is 9.59 Å². The number of ether oxygens (including phenoxy) is 1. The van der Waals surface area contributed by atoms with Gasteiger partial charge in [0.05, 0.1) is 22.5 Å². The van der Waals surface area contributed by atoms with E-state index >= 15 is 0 Å². The van der Waals surface area contributed by atoms with Gasteiger partial charge in [-0.05, 0) is 57.8 Å². The Hall–Kier alpha value is -2.45. The van der Waals surface area contributed by atoms with Crippen molar-refractivity contribution in [1.29, 1.82) is 0 Å². The molecule has 2 aliphatic heterocycles. The monoisotopic (exact) mass is 456 g/mol. The van der Waals surface area contributed by atoms with Crippen molar-refractivity contribution in [2.45, 2.75) is 51.6 Å². The largest absolute Gasteiger partial charge is 0.491 e. The van der Waals surface area contributed by atoms with Gasteiger partial charge in [0.15, 0.2) is 0 Å². The topological polar surface area (TPSA) is 83.6 Å². The number of nitrogens with one attached hydrogen (secondary N) is 2. The molecular formula is C24H32N4O3S. The van der Waals surface area contributed by atoms with Crippen LogP contribution >= 0.6 is 11.3 Å². The molecular weight excluding hydrogens is 424 g/mol. The molecule has 8 heteroatoms. The first kappa shape index (κ1) is 22.7. The van der Waals surface area contributed by atoms with Crippen molar-refractivity contribution in [2.24, 2.45) is 5.41 Å². The highest BCUT2D eigenvalue weighted by molar-refractivity contribution is 7.09. The predicted molar refractivity (Wildman–Crippen MR) is 125 cm³/mol. The van der Waals surface area contributed by atoms with E-state index in [4.69, 9.17) is 4.74 Å². The Morgan fingerprint density at radius 3 is 2.78 bits per heavy atom. The van der Waals surface area contributed by atoms with Gasteiger partial charge in [0.25, 0.3) is 5.91 Å². The number of hydrogen-bond acceptors (Lipinski definition) is 6. The standard InChI is InChI=1S/C24H32N4O3S/c1-18-16-31-21-7-3-2-6-20(21)22(29)26-11-5-4-8-24(23(30)27-18)9-12-28(13-10-24)15-19-14-25-17-32-19/h2-3,6-7,14,17-18H,4-5,8-13,15-16H2,1H3,(H,26,29)(H,27,30)/t18-/m1/s1. The molecule has 32 heavy (non-hydrogen) atoms. The number of carbonyl (C=O) groups excluding carboxylic acids is 2. The second kappa shape index (κ2) is 10.4. The zero-order valence-corrected chi connectivity index (χ0v) is 19.5. The first-order valence-corrected chi connectivity index (χ1v) is 12.3. The van der Waals surface area contributed by atoms with Crippen LogP contribution in [0, 0.1) is 5.41 Å². The van der Waals surface area contributed by atoms with Crippen LogP contribution in [-0.4, -0.2) is 54.0 Å². The molecule has 4 rings (SSSR count). The van der Waals surface area contributed by atoms with Gasteiger partial charge in [0, 0.05) is 24.2 Å². The predicted octanol–water partition coefficient (Wildman–Crippen LogP) is 3.22. The van der Waals surface area contributed by atoms with Gasteiger partial charge in [-0.25, -0.2) is 0 Å². The molecule has 2 amide bonds. The van der Waals surface area contributed by atoms with Gasteiger partial charge in [0.2, 0.25) is 5.91 Å². The molecule has 0 bridgehead atoms. The van der Waals surface area contributed by atoms with Gasteiger partial charge in [-0.3, -0.25) is 19.5 Å². The molecule has 0 saturated carbocycles. The van der Waals surface area contributed by atoms with Gasteiger partial charge in [-0.2, -0.15) is 0 Å². The van der Waals surface area contributed by atoms with Crippen molar-refractivity contribution in [1.82, 2.24) is 20.5 Å². The summed E-state index contributed by atoms with van der Waals surface area (Å²) in [4.78, 5) is 33.9. The van der Waals surface area contributed by atoms with E-state index in [1.807, 2.05) is 30.8 Å². The highest BCUT2D eigenvalue weighted by Crippen LogP contribution is 2.38. The summed E-state index contributed by atoms with van der Waals surface area (Å²) in [6.45, 7) is 5.58. The molecule has 0 aliphatic carbocycles. The number of piperidine rings is 1. The molecule has 0 unspecified atom stereocenters. The van der Waals surface area contributed by atoms with Crippen LogP contribution in [0.2, 0.25) is 0 Å². The van der Waals surface area contributed by atoms with E-state index in [-0.39, 0.29) is 23.3 Å². The summed E-state index contributed by atoms with van der Waals surface area (Å²) < 4.78 is 5.93. The first-order chi connectivity index (χ1) is 15.6. The summed E-state index contributed by atoms with van der Waals surface area (Å²) >= 11 is 1.68. The van der Waals surface area contributed by atoms with Crippen LogP contribution in [0.25, 0.3) is 0 Å². The highest BCUT2D eigenvalue weighted by atomic mass is 32.1. The van der Waals surface area contributed by atoms with Crippen molar-refractivity contribution in [2.75, 3.05) is 26.2 Å². The lowest BCUT2D eigenvalue weighted by Crippen LogP contribution is -2.51. The molecule has 2 N–H and O–H groups in total. The summed E-state index contributed by atoms with van der Waals surface area (Å²) in [5, 5.41) is 6.21. The van der Waals surface area contributed by atoms with E-state index in [1.165, 1.54) is 4.88 Å². The molecule has 1 aromatic carbocycles. The second-order valence-corrected chi connectivity index (χ2v) is 9.89. The average molecular weight is 457 g/mol. The zero-order valence-electron chi connectivity index (χ0n) is 18.6. The zero-order chi connectivity index (χ0) is 22.4. The van der Waals surface area contributed by atoms with E-state index in [0.717, 1.165) is 51.7 Å². The number of aromatic nitrogens is 1. The number of rotatable bonds is 2. The maximum atomic E-state index is 13.4. The second-order valence-electron chi connectivity index (χ2n) is 8.92. The molecule has 1 aromatic heterocycles. The molecule has 7 nitrogen and oxygen atoms in total. The Labute approximate surface area is 193 Å². The molecule has 2 aliphatic rings. The van der Waals surface area contributed by atoms with Crippen molar-refractivity contribution < 1.29 is 14.3 Å². The van der Waals surface area contributed by atoms with Crippen LogP contribution in [-0.2, 0) is 11.3 Å². The third-order valence-electron chi connectivity index (χ3n) is 6.52. The quantitative estimate of drug-likeness (QED) is 0.725. The number of benzene rings is 1. The van der Waals surface area contributed by atoms with E-state index in [2.05, 4.69) is 20.5 Å². The summed E-state index contributed by atoms with van der Waals surface area (Å²) in [5.41, 5.74) is 2.05. The van der Waals surface area contributed by atoms with Gasteiger partial charge in [-0.15, -0.1) is 11.3 Å². The highest BCUT2D eigenvalue weighted by Gasteiger charge is 2.41. The Bertz CT molecular complexity index is 910. The Kier molecular flexibility index (Phi) is 7.42. The van der Waals surface area contributed by atoms with Crippen LogP contribution in [0.15, 0.2) is 36.0 Å². The number of likely N-dealkylation sites (tertiary alicyclic amines) is 1. The molecule has 1 fully saturated rings. The maximum absolute atomic E-state index is 13.4. The van der Waals surface area contributed by atoms with Crippen molar-refractivity contribution in [3.63, 3.8) is 0 Å². The summed E-state index contributed by atoms with van der Waals surface area (Å²) in [5.74, 6) is 0.579. The lowest BCUT2D eigenvalue weighted by molar-refractivity contribution is -0.135. The SMILES string of the molecule is C[C@@H]1COc2ccccc2C(=O)NCCCCC2(CCN(Cc3cncs3)CC2)C(=O)N1. The number of hydrogen-bond donors (Lipinski definition) is 2. The smallest absolute Gasteiger partial charge is 0.255 e. The summed E-state index contributed by atoms with van der Waals surface area (Å²) in [6, 6.07) is 7.12. The third-order valence-corrected chi connectivity index (χ3v) is 7.29. The normalized spacial score (nSPS) is 22.8. The fourth-order valence-electron chi connectivity index (χ4n) is 4.57. The molecule has 1 saturated heterocycles. The van der Waals surface area contributed by atoms with Gasteiger partial charge in [0.1, 0.15) is 12.4 Å². The third kappa shape index (κ3) is 5.48. The average Bonchev–Trinajstić information content (AvgIpc) is 3.31. The number of nitrogens with zero attached hydrogens (tertiary/aromatic N) is 2. The molecule has 1 atom stereocenters. The number of carbonyl (C=O) groups is 2. The van der Waals surface area contributed by atoms with Crippen molar-refractivity contribution in [3.05, 3.63) is 46.4 Å². The Morgan fingerprint density at radius 2 is 2.00 bits per heavy atom. The van der Waals surface area contributed by atoms with Gasteiger partial charge < -0.3 is 15.4 Å². The molecule has 2 aromatic rings. The number of thiazole rings is 1. The van der Waals surface area contributed by atoms with Crippen LogP contribution in [0.3, 0.4) is 0 Å². The van der Waals surface area contributed by atoms with E-state index in [1.54, 1.807) is 23.5 Å². The van der Waals surface area contributed by atoms with Gasteiger partial charge in [-0.1, -0.05) is 18.6 Å². The summed E-state index contributed by atoms with van der Waals surface area (Å²) in [6.07, 6.45) is 6.23. The minimum absolute atomic E-state index is 0.111. The lowest BCUT2D eigenvalue weighted by atomic mass is 9.73.